The Labute approximate surface area is 134 Å². The maximum atomic E-state index is 12.9. The molecule has 23 heavy (non-hydrogen) atoms. The lowest BCUT2D eigenvalue weighted by Gasteiger charge is -2.19. The van der Waals surface area contributed by atoms with E-state index in [-0.39, 0.29) is 19.0 Å². The van der Waals surface area contributed by atoms with Crippen LogP contribution in [-0.2, 0) is 21.9 Å². The molecular formula is C13H14ClF6NO2. The van der Waals surface area contributed by atoms with E-state index in [2.05, 4.69) is 4.74 Å². The first-order valence-corrected chi connectivity index (χ1v) is 6.16. The molecule has 0 aliphatic rings. The fraction of sp³-hybridized carbons (Fsp3) is 0.462. The van der Waals surface area contributed by atoms with Crippen molar-refractivity contribution in [3.63, 3.8) is 0 Å². The van der Waals surface area contributed by atoms with Gasteiger partial charge in [-0.2, -0.15) is 26.3 Å². The van der Waals surface area contributed by atoms with Gasteiger partial charge >= 0.3 is 18.3 Å². The minimum absolute atomic E-state index is 0. The Bertz CT molecular complexity index is 544. The van der Waals surface area contributed by atoms with E-state index in [1.807, 2.05) is 0 Å². The van der Waals surface area contributed by atoms with E-state index in [1.54, 1.807) is 0 Å². The summed E-state index contributed by atoms with van der Waals surface area (Å²) in [6, 6.07) is -0.614. The average Bonchev–Trinajstić information content (AvgIpc) is 2.36. The Kier molecular flexibility index (Phi) is 7.36. The third-order valence-electron chi connectivity index (χ3n) is 2.78. The fourth-order valence-corrected chi connectivity index (χ4v) is 1.81. The second kappa shape index (κ2) is 7.87. The summed E-state index contributed by atoms with van der Waals surface area (Å²) in [7, 11) is 0. The van der Waals surface area contributed by atoms with Crippen molar-refractivity contribution < 1.29 is 35.9 Å². The van der Waals surface area contributed by atoms with E-state index in [9.17, 15) is 31.1 Å². The Balaban J connectivity index is 0.00000484. The molecule has 10 heteroatoms. The van der Waals surface area contributed by atoms with Gasteiger partial charge < -0.3 is 10.5 Å². The topological polar surface area (TPSA) is 52.3 Å². The molecule has 132 valence electrons. The van der Waals surface area contributed by atoms with Crippen LogP contribution in [-0.4, -0.2) is 12.6 Å². The molecule has 0 aliphatic carbocycles. The van der Waals surface area contributed by atoms with Gasteiger partial charge in [0, 0.05) is 6.04 Å². The number of benzene rings is 1. The summed E-state index contributed by atoms with van der Waals surface area (Å²) >= 11 is 0. The Hall–Kier alpha value is -1.48. The summed E-state index contributed by atoms with van der Waals surface area (Å²) in [5, 5.41) is 0. The smallest absolute Gasteiger partial charge is 0.416 e. The summed E-state index contributed by atoms with van der Waals surface area (Å²) in [5.41, 5.74) is 2.09. The normalized spacial score (nSPS) is 13.2. The largest absolute Gasteiger partial charge is 0.466 e. The molecule has 0 amide bonds. The summed E-state index contributed by atoms with van der Waals surface area (Å²) in [6.45, 7) is 1.47. The minimum Gasteiger partial charge on any atom is -0.466 e. The lowest BCUT2D eigenvalue weighted by Crippen LogP contribution is -2.22. The molecular weight excluding hydrogens is 352 g/mol. The Morgan fingerprint density at radius 3 is 2.17 bits per heavy atom. The van der Waals surface area contributed by atoms with Gasteiger partial charge in [-0.15, -0.1) is 12.4 Å². The first-order valence-electron chi connectivity index (χ1n) is 6.16. The molecule has 2 N–H and O–H groups in total. The molecule has 0 spiro atoms. The maximum absolute atomic E-state index is 12.9. The molecule has 0 aromatic heterocycles. The number of carbonyl (C=O) groups is 1. The predicted octanol–water partition coefficient (Wildman–Crippen LogP) is 4.10. The number of nitrogens with two attached hydrogens (primary N) is 1. The molecule has 0 bridgehead atoms. The monoisotopic (exact) mass is 365 g/mol. The van der Waals surface area contributed by atoms with Gasteiger partial charge in [0.25, 0.3) is 0 Å². The molecule has 0 saturated carbocycles. The maximum Gasteiger partial charge on any atom is 0.416 e. The van der Waals surface area contributed by atoms with Crippen LogP contribution >= 0.6 is 12.4 Å². The van der Waals surface area contributed by atoms with Gasteiger partial charge in [0.2, 0.25) is 0 Å². The van der Waals surface area contributed by atoms with Crippen molar-refractivity contribution in [3.05, 3.63) is 34.9 Å². The van der Waals surface area contributed by atoms with Crippen LogP contribution in [0, 0.1) is 0 Å². The highest BCUT2D eigenvalue weighted by Crippen LogP contribution is 2.38. The van der Waals surface area contributed by atoms with Crippen LogP contribution in [0.4, 0.5) is 26.3 Å². The second-order valence-corrected chi connectivity index (χ2v) is 4.41. The molecule has 1 rings (SSSR count). The highest BCUT2D eigenvalue weighted by atomic mass is 35.5. The van der Waals surface area contributed by atoms with Crippen LogP contribution in [0.25, 0.3) is 0 Å². The molecule has 1 atom stereocenters. The molecule has 0 saturated heterocycles. The number of hydrogen-bond acceptors (Lipinski definition) is 3. The van der Waals surface area contributed by atoms with Gasteiger partial charge in [-0.25, -0.2) is 0 Å². The number of hydrogen-bond donors (Lipinski definition) is 1. The average molecular weight is 366 g/mol. The van der Waals surface area contributed by atoms with Crippen molar-refractivity contribution in [2.75, 3.05) is 6.61 Å². The lowest BCUT2D eigenvalue weighted by atomic mass is 9.95. The first kappa shape index (κ1) is 21.5. The molecule has 1 aromatic carbocycles. The lowest BCUT2D eigenvalue weighted by molar-refractivity contribution is -0.145. The van der Waals surface area contributed by atoms with Crippen molar-refractivity contribution in [1.82, 2.24) is 0 Å². The van der Waals surface area contributed by atoms with Crippen LogP contribution in [0.1, 0.15) is 36.1 Å². The van der Waals surface area contributed by atoms with E-state index in [4.69, 9.17) is 5.73 Å². The summed E-state index contributed by atoms with van der Waals surface area (Å²) in [5.74, 6) is -0.888. The van der Waals surface area contributed by atoms with E-state index >= 15 is 0 Å². The van der Waals surface area contributed by atoms with E-state index < -0.39 is 47.5 Å². The SMILES string of the molecule is CCOC(=O)C[C@@H](N)c1cc(C(F)(F)F)ccc1C(F)(F)F.Cl. The predicted molar refractivity (Wildman–Crippen MR) is 71.9 cm³/mol. The summed E-state index contributed by atoms with van der Waals surface area (Å²) in [4.78, 5) is 11.3. The van der Waals surface area contributed by atoms with Gasteiger partial charge in [-0.05, 0) is 30.7 Å². The first-order chi connectivity index (χ1) is 9.96. The van der Waals surface area contributed by atoms with Gasteiger partial charge in [0.15, 0.2) is 0 Å². The number of ether oxygens (including phenoxy) is 1. The van der Waals surface area contributed by atoms with E-state index in [0.29, 0.717) is 18.2 Å². The van der Waals surface area contributed by atoms with E-state index in [0.717, 1.165) is 0 Å². The molecule has 0 aliphatic heterocycles. The zero-order chi connectivity index (χ0) is 17.1. The van der Waals surface area contributed by atoms with Gasteiger partial charge in [0.1, 0.15) is 0 Å². The van der Waals surface area contributed by atoms with Crippen LogP contribution in [0.3, 0.4) is 0 Å². The zero-order valence-corrected chi connectivity index (χ0v) is 12.6. The zero-order valence-electron chi connectivity index (χ0n) is 11.8. The van der Waals surface area contributed by atoms with Crippen molar-refractivity contribution in [2.24, 2.45) is 5.73 Å². The van der Waals surface area contributed by atoms with Crippen molar-refractivity contribution in [3.8, 4) is 0 Å². The number of rotatable bonds is 4. The third kappa shape index (κ3) is 5.91. The van der Waals surface area contributed by atoms with Crippen molar-refractivity contribution >= 4 is 18.4 Å². The highest BCUT2D eigenvalue weighted by molar-refractivity contribution is 5.85. The summed E-state index contributed by atoms with van der Waals surface area (Å²) in [6.07, 6.45) is -10.4. The number of halogens is 7. The van der Waals surface area contributed by atoms with Crippen LogP contribution in [0.5, 0.6) is 0 Å². The molecule has 0 radical (unpaired) electrons. The van der Waals surface area contributed by atoms with Crippen LogP contribution in [0.2, 0.25) is 0 Å². The third-order valence-corrected chi connectivity index (χ3v) is 2.78. The van der Waals surface area contributed by atoms with Gasteiger partial charge in [-0.3, -0.25) is 4.79 Å². The van der Waals surface area contributed by atoms with E-state index in [1.165, 1.54) is 6.92 Å². The molecule has 0 unspecified atom stereocenters. The van der Waals surface area contributed by atoms with Gasteiger partial charge in [0.05, 0.1) is 24.2 Å². The quantitative estimate of drug-likeness (QED) is 0.645. The standard InChI is InChI=1S/C13H13F6NO2.ClH/c1-2-22-11(21)6-10(20)8-5-7(12(14,15)16)3-4-9(8)13(17,18)19;/h3-5,10H,2,6,20H2,1H3;1H/t10-;/m1./s1. The molecule has 0 heterocycles. The molecule has 3 nitrogen and oxygen atoms in total. The van der Waals surface area contributed by atoms with Gasteiger partial charge in [-0.1, -0.05) is 0 Å². The van der Waals surface area contributed by atoms with Crippen molar-refractivity contribution in [1.29, 1.82) is 0 Å². The summed E-state index contributed by atoms with van der Waals surface area (Å²) < 4.78 is 81.0. The minimum atomic E-state index is -4.88. The van der Waals surface area contributed by atoms with Crippen LogP contribution in [0.15, 0.2) is 18.2 Å². The van der Waals surface area contributed by atoms with Crippen LogP contribution < -0.4 is 5.73 Å². The number of carbonyl (C=O) groups excluding carboxylic acids is 1. The van der Waals surface area contributed by atoms with Crippen molar-refractivity contribution in [2.45, 2.75) is 31.7 Å². The Morgan fingerprint density at radius 1 is 1.17 bits per heavy atom. The molecule has 1 aromatic rings. The second-order valence-electron chi connectivity index (χ2n) is 4.41. The number of alkyl halides is 6. The number of esters is 1. The Morgan fingerprint density at radius 2 is 1.74 bits per heavy atom. The highest BCUT2D eigenvalue weighted by Gasteiger charge is 2.38. The molecule has 0 fully saturated rings. The fourth-order valence-electron chi connectivity index (χ4n) is 1.81.